The topological polar surface area (TPSA) is 91.1 Å². The first-order valence-electron chi connectivity index (χ1n) is 9.41. The molecule has 10 heteroatoms. The number of aliphatic carboxylic acids is 1. The summed E-state index contributed by atoms with van der Waals surface area (Å²) >= 11 is 15.4. The van der Waals surface area contributed by atoms with E-state index in [1.807, 2.05) is 24.3 Å². The van der Waals surface area contributed by atoms with Gasteiger partial charge >= 0.3 is 5.97 Å². The van der Waals surface area contributed by atoms with E-state index in [-0.39, 0.29) is 23.4 Å². The number of fused-ring (bicyclic) bond motifs is 1. The van der Waals surface area contributed by atoms with Crippen molar-refractivity contribution in [2.45, 2.75) is 23.0 Å². The summed E-state index contributed by atoms with van der Waals surface area (Å²) in [6.07, 6.45) is 0.496. The molecule has 0 radical (unpaired) electrons. The minimum atomic E-state index is -1.04. The third-order valence-electron chi connectivity index (χ3n) is 4.81. The smallest absolute Gasteiger partial charge is 0.305 e. The van der Waals surface area contributed by atoms with Gasteiger partial charge in [0, 0.05) is 27.2 Å². The van der Waals surface area contributed by atoms with E-state index >= 15 is 0 Å². The average molecular weight is 494 g/mol. The Hall–Kier alpha value is -2.00. The number of carboxylic acid groups (broad SMARTS) is 1. The monoisotopic (exact) mass is 493 g/mol. The molecule has 31 heavy (non-hydrogen) atoms. The van der Waals surface area contributed by atoms with Gasteiger partial charge in [0.05, 0.1) is 17.2 Å². The molecule has 160 valence electrons. The zero-order valence-corrected chi connectivity index (χ0v) is 19.2. The standard InChI is InChI=1S/C21H17Cl2N3O3S2/c22-13-7-14-18(25-26-21-24-20(29)16(31-21)9-17(27)28)12(6-11-4-2-1-3-5-11)10-30-19(14)15(23)8-13/h1-5,7-8,12,16H,6,9-10H2,(H,27,28)(H,24,26,29)/b25-18-. The Balaban J connectivity index is 1.68. The average Bonchev–Trinajstić information content (AvgIpc) is 3.06. The van der Waals surface area contributed by atoms with Crippen LogP contribution in [0.15, 0.2) is 57.6 Å². The minimum Gasteiger partial charge on any atom is -0.481 e. The Labute approximate surface area is 197 Å². The molecule has 2 unspecified atom stereocenters. The molecule has 6 nitrogen and oxygen atoms in total. The van der Waals surface area contributed by atoms with E-state index in [1.165, 1.54) is 5.56 Å². The molecule has 4 rings (SSSR count). The number of benzene rings is 2. The lowest BCUT2D eigenvalue weighted by Gasteiger charge is -2.26. The molecule has 2 aromatic rings. The van der Waals surface area contributed by atoms with Gasteiger partial charge in [0.15, 0.2) is 5.17 Å². The van der Waals surface area contributed by atoms with Crippen LogP contribution in [0, 0.1) is 5.92 Å². The number of carboxylic acids is 1. The normalized spacial score (nSPS) is 23.1. The van der Waals surface area contributed by atoms with Crippen molar-refractivity contribution in [1.82, 2.24) is 5.32 Å². The molecule has 2 aliphatic rings. The van der Waals surface area contributed by atoms with Crippen molar-refractivity contribution in [1.29, 1.82) is 0 Å². The maximum Gasteiger partial charge on any atom is 0.305 e. The predicted molar refractivity (Wildman–Crippen MR) is 127 cm³/mol. The first-order chi connectivity index (χ1) is 14.9. The molecule has 2 heterocycles. The van der Waals surface area contributed by atoms with Crippen LogP contribution in [0.2, 0.25) is 10.0 Å². The van der Waals surface area contributed by atoms with Gasteiger partial charge < -0.3 is 10.4 Å². The highest BCUT2D eigenvalue weighted by molar-refractivity contribution is 8.15. The molecule has 1 amide bonds. The third-order valence-corrected chi connectivity index (χ3v) is 7.81. The van der Waals surface area contributed by atoms with Crippen LogP contribution in [-0.4, -0.2) is 38.9 Å². The quantitative estimate of drug-likeness (QED) is 0.587. The molecule has 0 spiro atoms. The third kappa shape index (κ3) is 5.26. The number of thioether (sulfide) groups is 2. The van der Waals surface area contributed by atoms with E-state index in [1.54, 1.807) is 17.8 Å². The van der Waals surface area contributed by atoms with E-state index in [9.17, 15) is 9.59 Å². The number of rotatable bonds is 5. The van der Waals surface area contributed by atoms with Crippen LogP contribution in [0.1, 0.15) is 17.5 Å². The van der Waals surface area contributed by atoms with Crippen molar-refractivity contribution >= 4 is 69.5 Å². The highest BCUT2D eigenvalue weighted by Crippen LogP contribution is 2.41. The maximum absolute atomic E-state index is 12.0. The Morgan fingerprint density at radius 1 is 1.19 bits per heavy atom. The lowest BCUT2D eigenvalue weighted by molar-refractivity contribution is -0.138. The van der Waals surface area contributed by atoms with Gasteiger partial charge in [0.2, 0.25) is 5.91 Å². The van der Waals surface area contributed by atoms with Crippen molar-refractivity contribution in [3.63, 3.8) is 0 Å². The summed E-state index contributed by atoms with van der Waals surface area (Å²) in [5.41, 5.74) is 2.75. The number of carbonyl (C=O) groups excluding carboxylic acids is 1. The second-order valence-corrected chi connectivity index (χ2v) is 10.1. The molecule has 1 saturated heterocycles. The van der Waals surface area contributed by atoms with Crippen LogP contribution < -0.4 is 5.32 Å². The lowest BCUT2D eigenvalue weighted by atomic mass is 9.91. The largest absolute Gasteiger partial charge is 0.481 e. The van der Waals surface area contributed by atoms with Crippen LogP contribution in [-0.2, 0) is 16.0 Å². The number of amidine groups is 1. The molecule has 2 N–H and O–H groups in total. The Morgan fingerprint density at radius 2 is 1.97 bits per heavy atom. The summed E-state index contributed by atoms with van der Waals surface area (Å²) in [5.74, 6) is -0.576. The first-order valence-corrected chi connectivity index (χ1v) is 12.0. The molecular formula is C21H17Cl2N3O3S2. The number of hydrogen-bond donors (Lipinski definition) is 2. The lowest BCUT2D eigenvalue weighted by Crippen LogP contribution is -2.27. The van der Waals surface area contributed by atoms with Crippen LogP contribution in [0.4, 0.5) is 0 Å². The van der Waals surface area contributed by atoms with Gasteiger partial charge in [-0.2, -0.15) is 5.10 Å². The minimum absolute atomic E-state index is 0.0655. The number of halogens is 2. The van der Waals surface area contributed by atoms with E-state index in [0.717, 1.165) is 40.1 Å². The highest BCUT2D eigenvalue weighted by atomic mass is 35.5. The number of nitrogens with one attached hydrogen (secondary N) is 1. The van der Waals surface area contributed by atoms with Crippen molar-refractivity contribution in [3.8, 4) is 0 Å². The van der Waals surface area contributed by atoms with E-state index in [2.05, 4.69) is 27.7 Å². The number of hydrogen-bond acceptors (Lipinski definition) is 6. The van der Waals surface area contributed by atoms with Gasteiger partial charge in [-0.3, -0.25) is 9.59 Å². The summed E-state index contributed by atoms with van der Waals surface area (Å²) in [4.78, 5) is 23.8. The van der Waals surface area contributed by atoms with Gasteiger partial charge in [0.1, 0.15) is 5.25 Å². The van der Waals surface area contributed by atoms with E-state index < -0.39 is 11.2 Å². The van der Waals surface area contributed by atoms with Crippen molar-refractivity contribution < 1.29 is 14.7 Å². The molecule has 0 saturated carbocycles. The molecule has 2 aromatic carbocycles. The van der Waals surface area contributed by atoms with Crippen LogP contribution >= 0.6 is 46.7 Å². The van der Waals surface area contributed by atoms with Gasteiger partial charge in [-0.05, 0) is 24.1 Å². The summed E-state index contributed by atoms with van der Waals surface area (Å²) < 4.78 is 0. The zero-order chi connectivity index (χ0) is 22.0. The fourth-order valence-electron chi connectivity index (χ4n) is 3.41. The molecule has 0 aliphatic carbocycles. The number of nitrogens with zero attached hydrogens (tertiary/aromatic N) is 2. The second-order valence-electron chi connectivity index (χ2n) is 7.05. The predicted octanol–water partition coefficient (Wildman–Crippen LogP) is 4.72. The summed E-state index contributed by atoms with van der Waals surface area (Å²) in [7, 11) is 0. The van der Waals surface area contributed by atoms with Crippen molar-refractivity contribution in [2.24, 2.45) is 16.1 Å². The Bertz CT molecular complexity index is 1090. The van der Waals surface area contributed by atoms with Gasteiger partial charge in [-0.1, -0.05) is 65.3 Å². The highest BCUT2D eigenvalue weighted by Gasteiger charge is 2.33. The molecule has 0 bridgehead atoms. The van der Waals surface area contributed by atoms with E-state index in [4.69, 9.17) is 28.3 Å². The second kappa shape index (κ2) is 9.65. The SMILES string of the molecule is O=C(O)CC1S/C(=N\N=C2/c3cc(Cl)cc(Cl)c3SCC2Cc2ccccc2)NC1=O. The van der Waals surface area contributed by atoms with Crippen LogP contribution in [0.3, 0.4) is 0 Å². The summed E-state index contributed by atoms with van der Waals surface area (Å²) in [6, 6.07) is 13.6. The number of amides is 1. The molecule has 1 fully saturated rings. The summed E-state index contributed by atoms with van der Waals surface area (Å²) in [5, 5.41) is 21.0. The van der Waals surface area contributed by atoms with Gasteiger partial charge in [-0.25, -0.2) is 0 Å². The summed E-state index contributed by atoms with van der Waals surface area (Å²) in [6.45, 7) is 0. The van der Waals surface area contributed by atoms with Crippen LogP contribution in [0.25, 0.3) is 0 Å². The van der Waals surface area contributed by atoms with E-state index in [0.29, 0.717) is 10.0 Å². The maximum atomic E-state index is 12.0. The number of carbonyl (C=O) groups is 2. The van der Waals surface area contributed by atoms with Gasteiger partial charge in [0.25, 0.3) is 0 Å². The Kier molecular flexibility index (Phi) is 6.91. The molecule has 2 atom stereocenters. The Morgan fingerprint density at radius 3 is 2.71 bits per heavy atom. The molecule has 2 aliphatic heterocycles. The van der Waals surface area contributed by atoms with Gasteiger partial charge in [-0.15, -0.1) is 16.9 Å². The molecular weight excluding hydrogens is 477 g/mol. The fraction of sp³-hybridized carbons (Fsp3) is 0.238. The van der Waals surface area contributed by atoms with Crippen molar-refractivity contribution in [2.75, 3.05) is 5.75 Å². The fourth-order valence-corrected chi connectivity index (χ4v) is 6.14. The molecule has 0 aromatic heterocycles. The first kappa shape index (κ1) is 22.2. The zero-order valence-electron chi connectivity index (χ0n) is 16.0. The van der Waals surface area contributed by atoms with Crippen LogP contribution in [0.5, 0.6) is 0 Å². The van der Waals surface area contributed by atoms with Crippen molar-refractivity contribution in [3.05, 3.63) is 63.6 Å².